The maximum absolute atomic E-state index is 13.6. The van der Waals surface area contributed by atoms with Gasteiger partial charge in [0, 0.05) is 42.7 Å². The molecule has 0 radical (unpaired) electrons. The lowest BCUT2D eigenvalue weighted by Crippen LogP contribution is -2.48. The van der Waals surface area contributed by atoms with E-state index in [1.54, 1.807) is 23.1 Å². The largest absolute Gasteiger partial charge is 0.493 e. The van der Waals surface area contributed by atoms with E-state index in [2.05, 4.69) is 43.6 Å². The predicted octanol–water partition coefficient (Wildman–Crippen LogP) is 6.43. The molecule has 0 fully saturated rings. The summed E-state index contributed by atoms with van der Waals surface area (Å²) in [7, 11) is -5.92. The van der Waals surface area contributed by atoms with Gasteiger partial charge in [0.2, 0.25) is 15.9 Å². The van der Waals surface area contributed by atoms with Crippen molar-refractivity contribution >= 4 is 35.2 Å². The molecular formula is C29H49N3O6SSi. The zero-order valence-electron chi connectivity index (χ0n) is 25.7. The highest BCUT2D eigenvalue weighted by atomic mass is 32.2. The van der Waals surface area contributed by atoms with Crippen LogP contribution >= 0.6 is 0 Å². The number of hydrogen-bond donors (Lipinski definition) is 2. The Morgan fingerprint density at radius 3 is 2.38 bits per heavy atom. The molecule has 0 aliphatic carbocycles. The van der Waals surface area contributed by atoms with Crippen molar-refractivity contribution < 1.29 is 27.5 Å². The first-order chi connectivity index (χ1) is 18.4. The third-order valence-corrected chi connectivity index (χ3v) is 13.3. The van der Waals surface area contributed by atoms with E-state index in [9.17, 15) is 18.3 Å². The summed E-state index contributed by atoms with van der Waals surface area (Å²) < 4.78 is 42.1. The van der Waals surface area contributed by atoms with Gasteiger partial charge in [-0.05, 0) is 69.9 Å². The van der Waals surface area contributed by atoms with Gasteiger partial charge in [-0.2, -0.15) is 0 Å². The Hall–Kier alpha value is -2.21. The quantitative estimate of drug-likeness (QED) is 0.202. The van der Waals surface area contributed by atoms with Gasteiger partial charge in [0.25, 0.3) is 0 Å². The molecule has 2 rings (SSSR count). The lowest BCUT2D eigenvalue weighted by atomic mass is 10.1. The second-order valence-corrected chi connectivity index (χ2v) is 19.3. The van der Waals surface area contributed by atoms with Gasteiger partial charge in [0.05, 0.1) is 4.90 Å². The van der Waals surface area contributed by atoms with Crippen LogP contribution in [0.3, 0.4) is 0 Å². The summed E-state index contributed by atoms with van der Waals surface area (Å²) >= 11 is 0. The van der Waals surface area contributed by atoms with E-state index >= 15 is 0 Å². The number of nitrogens with zero attached hydrogens (tertiary/aromatic N) is 2. The topological polar surface area (TPSA) is 118 Å². The Morgan fingerprint density at radius 2 is 1.77 bits per heavy atom. The molecule has 0 aliphatic heterocycles. The van der Waals surface area contributed by atoms with E-state index in [0.717, 1.165) is 12.8 Å². The molecule has 40 heavy (non-hydrogen) atoms. The number of aromatic nitrogens is 1. The number of ether oxygens (including phenoxy) is 1. The fraction of sp³-hybridized carbons (Fsp3) is 0.655. The molecule has 0 aliphatic rings. The first kappa shape index (κ1) is 34.0. The number of carbonyl (C=O) groups excluding carboxylic acids is 1. The molecule has 2 N–H and O–H groups in total. The minimum Gasteiger partial charge on any atom is -0.493 e. The van der Waals surface area contributed by atoms with Crippen molar-refractivity contribution in [2.45, 2.75) is 109 Å². The number of aromatic hydroxyl groups is 1. The number of fused-ring (bicyclic) bond motifs is 1. The van der Waals surface area contributed by atoms with Crippen molar-refractivity contribution in [3.8, 4) is 5.88 Å². The third-order valence-electron chi connectivity index (χ3n) is 7.20. The molecule has 0 spiro atoms. The number of carbonyl (C=O) groups is 1. The van der Waals surface area contributed by atoms with E-state index in [1.165, 1.54) is 12.3 Å². The van der Waals surface area contributed by atoms with Crippen molar-refractivity contribution in [3.05, 3.63) is 30.5 Å². The van der Waals surface area contributed by atoms with Crippen molar-refractivity contribution in [2.75, 3.05) is 19.7 Å². The first-order valence-corrected chi connectivity index (χ1v) is 18.5. The van der Waals surface area contributed by atoms with Crippen LogP contribution in [-0.2, 0) is 19.2 Å². The fourth-order valence-corrected chi connectivity index (χ4v) is 6.54. The summed E-state index contributed by atoms with van der Waals surface area (Å²) in [5, 5.41) is 10.9. The van der Waals surface area contributed by atoms with Gasteiger partial charge in [-0.25, -0.2) is 22.9 Å². The zero-order valence-corrected chi connectivity index (χ0v) is 27.5. The first-order valence-electron chi connectivity index (χ1n) is 14.1. The maximum atomic E-state index is 13.6. The Kier molecular flexibility index (Phi) is 11.6. The van der Waals surface area contributed by atoms with Crippen LogP contribution in [0.1, 0.15) is 74.1 Å². The summed E-state index contributed by atoms with van der Waals surface area (Å²) in [5.74, 6) is -0.229. The molecular weight excluding hydrogens is 546 g/mol. The van der Waals surface area contributed by atoms with Gasteiger partial charge >= 0.3 is 6.09 Å². The van der Waals surface area contributed by atoms with Crippen LogP contribution in [0.4, 0.5) is 4.79 Å². The van der Waals surface area contributed by atoms with Gasteiger partial charge in [-0.3, -0.25) is 0 Å². The van der Waals surface area contributed by atoms with Crippen LogP contribution in [0, 0.1) is 0 Å². The van der Waals surface area contributed by atoms with E-state index in [0.29, 0.717) is 36.8 Å². The van der Waals surface area contributed by atoms with Crippen LogP contribution < -0.4 is 4.72 Å². The number of hydrogen-bond acceptors (Lipinski definition) is 7. The number of unbranched alkanes of at least 4 members (excludes halogenated alkanes) is 1. The predicted molar refractivity (Wildman–Crippen MR) is 163 cm³/mol. The second-order valence-electron chi connectivity index (χ2n) is 12.8. The number of nitrogens with one attached hydrogen (secondary N) is 1. The monoisotopic (exact) mass is 595 g/mol. The SMILES string of the molecule is CCCC[C@H](CN(CCCO[Si](C)(C)C(C)(C)C)C(=O)OC(C)(C)C)NS(=O)(=O)c1cccc2c(O)nccc12. The van der Waals surface area contributed by atoms with Crippen molar-refractivity contribution in [3.63, 3.8) is 0 Å². The number of amides is 1. The Balaban J connectivity index is 2.28. The summed E-state index contributed by atoms with van der Waals surface area (Å²) in [6.07, 6.45) is 3.70. The number of pyridine rings is 1. The van der Waals surface area contributed by atoms with Crippen LogP contribution in [0.25, 0.3) is 10.8 Å². The Bertz CT molecular complexity index is 1240. The number of rotatable bonds is 13. The van der Waals surface area contributed by atoms with Gasteiger partial charge in [-0.1, -0.05) is 46.6 Å². The Labute approximate surface area is 241 Å². The molecule has 1 atom stereocenters. The molecule has 1 aromatic carbocycles. The molecule has 1 heterocycles. The van der Waals surface area contributed by atoms with Gasteiger partial charge in [0.1, 0.15) is 5.60 Å². The number of benzene rings is 1. The molecule has 1 aromatic heterocycles. The van der Waals surface area contributed by atoms with E-state index in [4.69, 9.17) is 9.16 Å². The molecule has 11 heteroatoms. The van der Waals surface area contributed by atoms with Crippen molar-refractivity contribution in [1.29, 1.82) is 0 Å². The highest BCUT2D eigenvalue weighted by molar-refractivity contribution is 7.89. The maximum Gasteiger partial charge on any atom is 0.410 e. The van der Waals surface area contributed by atoms with E-state index in [1.807, 2.05) is 27.7 Å². The van der Waals surface area contributed by atoms with E-state index < -0.39 is 36.1 Å². The molecule has 226 valence electrons. The van der Waals surface area contributed by atoms with E-state index in [-0.39, 0.29) is 22.4 Å². The smallest absolute Gasteiger partial charge is 0.410 e. The lowest BCUT2D eigenvalue weighted by molar-refractivity contribution is 0.0224. The fourth-order valence-electron chi connectivity index (χ4n) is 3.97. The third kappa shape index (κ3) is 9.71. The normalized spacial score (nSPS) is 13.8. The Morgan fingerprint density at radius 1 is 1.10 bits per heavy atom. The van der Waals surface area contributed by atoms with Crippen molar-refractivity contribution in [2.24, 2.45) is 0 Å². The van der Waals surface area contributed by atoms with Crippen LogP contribution in [0.15, 0.2) is 35.4 Å². The summed E-state index contributed by atoms with van der Waals surface area (Å²) in [6, 6.07) is 5.74. The van der Waals surface area contributed by atoms with Crippen LogP contribution in [0.5, 0.6) is 5.88 Å². The molecule has 0 bridgehead atoms. The lowest BCUT2D eigenvalue weighted by Gasteiger charge is -2.36. The summed E-state index contributed by atoms with van der Waals surface area (Å²) in [6.45, 7) is 19.5. The second kappa shape index (κ2) is 13.6. The standard InChI is InChI=1S/C29H49N3O6SSi/c1-10-11-14-22(31-39(35,36)25-16-12-15-24-23(25)17-18-30-26(24)33)21-32(27(34)38-28(2,3)4)19-13-20-37-40(8,9)29(5,6)7/h12,15-18,22,31H,10-11,13-14,19-21H2,1-9H3,(H,30,33)/t22-/m1/s1. The number of sulfonamides is 1. The van der Waals surface area contributed by atoms with Gasteiger partial charge < -0.3 is 19.2 Å². The zero-order chi connectivity index (χ0) is 30.4. The minimum absolute atomic E-state index is 0.0517. The van der Waals surface area contributed by atoms with Gasteiger partial charge in [0.15, 0.2) is 8.32 Å². The molecule has 9 nitrogen and oxygen atoms in total. The molecule has 2 aromatic rings. The average Bonchev–Trinajstić information content (AvgIpc) is 2.82. The highest BCUT2D eigenvalue weighted by Gasteiger charge is 2.37. The van der Waals surface area contributed by atoms with Crippen LogP contribution in [-0.4, -0.2) is 69.2 Å². The molecule has 0 unspecified atom stereocenters. The van der Waals surface area contributed by atoms with Crippen molar-refractivity contribution in [1.82, 2.24) is 14.6 Å². The average molecular weight is 596 g/mol. The molecule has 0 saturated heterocycles. The molecule has 1 amide bonds. The highest BCUT2D eigenvalue weighted by Crippen LogP contribution is 2.36. The van der Waals surface area contributed by atoms with Gasteiger partial charge in [-0.15, -0.1) is 0 Å². The van der Waals surface area contributed by atoms with Crippen LogP contribution in [0.2, 0.25) is 18.1 Å². The summed E-state index contributed by atoms with van der Waals surface area (Å²) in [4.78, 5) is 18.7. The molecule has 0 saturated carbocycles. The summed E-state index contributed by atoms with van der Waals surface area (Å²) in [5.41, 5.74) is -0.690. The minimum atomic E-state index is -3.99.